The molecule has 1 fully saturated rings. The second kappa shape index (κ2) is 7.55. The van der Waals surface area contributed by atoms with E-state index < -0.39 is 0 Å². The van der Waals surface area contributed by atoms with E-state index in [1.54, 1.807) is 11.3 Å². The van der Waals surface area contributed by atoms with Gasteiger partial charge in [0.1, 0.15) is 0 Å². The molecule has 3 aromatic rings. The Morgan fingerprint density at radius 1 is 1.23 bits per heavy atom. The van der Waals surface area contributed by atoms with Crippen molar-refractivity contribution in [2.24, 2.45) is 0 Å². The van der Waals surface area contributed by atoms with Gasteiger partial charge in [0.15, 0.2) is 0 Å². The van der Waals surface area contributed by atoms with Crippen LogP contribution in [0.25, 0.3) is 10.9 Å². The van der Waals surface area contributed by atoms with Gasteiger partial charge in [-0.1, -0.05) is 18.2 Å². The van der Waals surface area contributed by atoms with E-state index >= 15 is 0 Å². The van der Waals surface area contributed by atoms with Crippen molar-refractivity contribution in [1.82, 2.24) is 25.0 Å². The van der Waals surface area contributed by atoms with Gasteiger partial charge in [0, 0.05) is 43.5 Å². The number of carbonyl (C=O) groups is 1. The van der Waals surface area contributed by atoms with Gasteiger partial charge in [-0.05, 0) is 19.4 Å². The number of para-hydroxylation sites is 1. The number of fused-ring (bicyclic) bond motifs is 1. The van der Waals surface area contributed by atoms with Crippen molar-refractivity contribution in [1.29, 1.82) is 0 Å². The summed E-state index contributed by atoms with van der Waals surface area (Å²) >= 11 is 1.69. The molecule has 1 aromatic carbocycles. The number of nitrogens with zero attached hydrogens (tertiary/aromatic N) is 4. The Morgan fingerprint density at radius 3 is 2.96 bits per heavy atom. The molecule has 0 saturated carbocycles. The predicted octanol–water partition coefficient (Wildman–Crippen LogP) is 2.60. The van der Waals surface area contributed by atoms with Gasteiger partial charge in [-0.15, -0.1) is 11.3 Å². The molecule has 0 radical (unpaired) electrons. The van der Waals surface area contributed by atoms with E-state index in [-0.39, 0.29) is 5.91 Å². The maximum Gasteiger partial charge on any atom is 0.228 e. The molecule has 0 atom stereocenters. The van der Waals surface area contributed by atoms with E-state index in [2.05, 4.69) is 25.5 Å². The van der Waals surface area contributed by atoms with Crippen molar-refractivity contribution in [3.05, 3.63) is 46.0 Å². The molecule has 0 spiro atoms. The molecule has 0 bridgehead atoms. The summed E-state index contributed by atoms with van der Waals surface area (Å²) in [5, 5.41) is 11.6. The standard InChI is InChI=1S/C19H23N5OS/c1-14-20-15(13-26-14)12-23-7-4-8-24(10-9-23)19(25)11-18-16-5-2-3-6-17(16)21-22-18/h2-3,5-6,13H,4,7-12H2,1H3,(H,21,22). The van der Waals surface area contributed by atoms with Crippen LogP contribution < -0.4 is 0 Å². The van der Waals surface area contributed by atoms with Crippen LogP contribution in [0.5, 0.6) is 0 Å². The average molecular weight is 369 g/mol. The molecule has 1 N–H and O–H groups in total. The number of hydrogen-bond donors (Lipinski definition) is 1. The van der Waals surface area contributed by atoms with E-state index in [1.807, 2.05) is 36.1 Å². The van der Waals surface area contributed by atoms with Gasteiger partial charge in [0.05, 0.1) is 28.3 Å². The lowest BCUT2D eigenvalue weighted by molar-refractivity contribution is -0.130. The Kier molecular flexibility index (Phi) is 4.99. The van der Waals surface area contributed by atoms with Gasteiger partial charge >= 0.3 is 0 Å². The van der Waals surface area contributed by atoms with Gasteiger partial charge < -0.3 is 4.90 Å². The third kappa shape index (κ3) is 3.78. The van der Waals surface area contributed by atoms with Crippen molar-refractivity contribution in [2.75, 3.05) is 26.2 Å². The third-order valence-corrected chi connectivity index (χ3v) is 5.68. The van der Waals surface area contributed by atoms with Gasteiger partial charge in [0.25, 0.3) is 0 Å². The number of aromatic amines is 1. The maximum absolute atomic E-state index is 12.8. The summed E-state index contributed by atoms with van der Waals surface area (Å²) in [7, 11) is 0. The van der Waals surface area contributed by atoms with Gasteiger partial charge in [-0.3, -0.25) is 14.8 Å². The minimum Gasteiger partial charge on any atom is -0.341 e. The number of H-pyrrole nitrogens is 1. The number of rotatable bonds is 4. The van der Waals surface area contributed by atoms with E-state index in [1.165, 1.54) is 0 Å². The Bertz CT molecular complexity index is 902. The minimum atomic E-state index is 0.172. The van der Waals surface area contributed by atoms with Crippen molar-refractivity contribution >= 4 is 28.1 Å². The lowest BCUT2D eigenvalue weighted by Gasteiger charge is -2.21. The van der Waals surface area contributed by atoms with Crippen LogP contribution in [0.3, 0.4) is 0 Å². The number of hydrogen-bond acceptors (Lipinski definition) is 5. The van der Waals surface area contributed by atoms with Crippen LogP contribution in [-0.4, -0.2) is 57.1 Å². The van der Waals surface area contributed by atoms with Crippen molar-refractivity contribution in [3.8, 4) is 0 Å². The highest BCUT2D eigenvalue weighted by atomic mass is 32.1. The minimum absolute atomic E-state index is 0.172. The second-order valence-corrected chi connectivity index (χ2v) is 7.83. The van der Waals surface area contributed by atoms with E-state index in [0.29, 0.717) is 6.42 Å². The third-order valence-electron chi connectivity index (χ3n) is 4.86. The first kappa shape index (κ1) is 17.2. The Hall–Kier alpha value is -2.25. The lowest BCUT2D eigenvalue weighted by Crippen LogP contribution is -2.36. The average Bonchev–Trinajstić information content (AvgIpc) is 3.15. The molecule has 1 amide bonds. The summed E-state index contributed by atoms with van der Waals surface area (Å²) < 4.78 is 0. The summed E-state index contributed by atoms with van der Waals surface area (Å²) in [5.41, 5.74) is 2.96. The van der Waals surface area contributed by atoms with Crippen LogP contribution in [-0.2, 0) is 17.8 Å². The normalized spacial score (nSPS) is 16.1. The molecule has 0 unspecified atom stereocenters. The fourth-order valence-corrected chi connectivity index (χ4v) is 4.10. The topological polar surface area (TPSA) is 65.1 Å². The highest BCUT2D eigenvalue weighted by Crippen LogP contribution is 2.17. The molecule has 2 aromatic heterocycles. The molecule has 136 valence electrons. The van der Waals surface area contributed by atoms with E-state index in [4.69, 9.17) is 0 Å². The maximum atomic E-state index is 12.8. The van der Waals surface area contributed by atoms with Crippen molar-refractivity contribution in [2.45, 2.75) is 26.3 Å². The quantitative estimate of drug-likeness (QED) is 0.768. The molecule has 26 heavy (non-hydrogen) atoms. The van der Waals surface area contributed by atoms with Gasteiger partial charge in [0.2, 0.25) is 5.91 Å². The zero-order valence-corrected chi connectivity index (χ0v) is 15.8. The number of aromatic nitrogens is 3. The molecule has 6 nitrogen and oxygen atoms in total. The Labute approximate surface area is 156 Å². The Balaban J connectivity index is 1.36. The van der Waals surface area contributed by atoms with Crippen LogP contribution in [0.15, 0.2) is 29.6 Å². The highest BCUT2D eigenvalue weighted by Gasteiger charge is 2.21. The first-order valence-corrected chi connectivity index (χ1v) is 9.90. The molecular formula is C19H23N5OS. The number of aryl methyl sites for hydroxylation is 1. The van der Waals surface area contributed by atoms with Crippen LogP contribution in [0.4, 0.5) is 0 Å². The summed E-state index contributed by atoms with van der Waals surface area (Å²) in [6.45, 7) is 6.40. The van der Waals surface area contributed by atoms with E-state index in [9.17, 15) is 4.79 Å². The van der Waals surface area contributed by atoms with Crippen LogP contribution in [0.1, 0.15) is 22.8 Å². The van der Waals surface area contributed by atoms with Crippen molar-refractivity contribution in [3.63, 3.8) is 0 Å². The Morgan fingerprint density at radius 2 is 2.12 bits per heavy atom. The molecule has 0 aliphatic carbocycles. The van der Waals surface area contributed by atoms with E-state index in [0.717, 1.165) is 66.4 Å². The largest absolute Gasteiger partial charge is 0.341 e. The fourth-order valence-electron chi connectivity index (χ4n) is 3.50. The molecule has 1 aliphatic rings. The zero-order valence-electron chi connectivity index (χ0n) is 14.9. The summed E-state index contributed by atoms with van der Waals surface area (Å²) in [4.78, 5) is 21.7. The van der Waals surface area contributed by atoms with Gasteiger partial charge in [-0.25, -0.2) is 4.98 Å². The number of carbonyl (C=O) groups excluding carboxylic acids is 1. The van der Waals surface area contributed by atoms with Crippen LogP contribution in [0, 0.1) is 6.92 Å². The number of amides is 1. The second-order valence-electron chi connectivity index (χ2n) is 6.76. The molecule has 1 aliphatic heterocycles. The number of nitrogens with one attached hydrogen (secondary N) is 1. The summed E-state index contributed by atoms with van der Waals surface area (Å²) in [6, 6.07) is 7.92. The highest BCUT2D eigenvalue weighted by molar-refractivity contribution is 7.09. The summed E-state index contributed by atoms with van der Waals surface area (Å²) in [6.07, 6.45) is 1.38. The fraction of sp³-hybridized carbons (Fsp3) is 0.421. The van der Waals surface area contributed by atoms with Crippen LogP contribution >= 0.6 is 11.3 Å². The lowest BCUT2D eigenvalue weighted by atomic mass is 10.1. The number of thiazole rings is 1. The molecular weight excluding hydrogens is 346 g/mol. The molecule has 7 heteroatoms. The molecule has 1 saturated heterocycles. The van der Waals surface area contributed by atoms with Crippen LogP contribution in [0.2, 0.25) is 0 Å². The molecule has 4 rings (SSSR count). The van der Waals surface area contributed by atoms with Crippen molar-refractivity contribution < 1.29 is 4.79 Å². The molecule has 3 heterocycles. The number of benzene rings is 1. The SMILES string of the molecule is Cc1nc(CN2CCCN(C(=O)Cc3[nH]nc4ccccc34)CC2)cs1. The summed E-state index contributed by atoms with van der Waals surface area (Å²) in [5.74, 6) is 0.172. The van der Waals surface area contributed by atoms with Gasteiger partial charge in [-0.2, -0.15) is 5.10 Å². The predicted molar refractivity (Wildman–Crippen MR) is 103 cm³/mol. The zero-order chi connectivity index (χ0) is 17.9. The first-order valence-electron chi connectivity index (χ1n) is 9.02. The first-order chi connectivity index (χ1) is 12.7. The smallest absolute Gasteiger partial charge is 0.228 e. The monoisotopic (exact) mass is 369 g/mol.